The molecule has 0 bridgehead atoms. The van der Waals surface area contributed by atoms with Crippen LogP contribution in [0.5, 0.6) is 0 Å². The molecule has 84 valence electrons. The molecule has 0 radical (unpaired) electrons. The van der Waals surface area contributed by atoms with Gasteiger partial charge in [0, 0.05) is 6.07 Å². The number of benzene rings is 1. The summed E-state index contributed by atoms with van der Waals surface area (Å²) in [7, 11) is 1.70. The minimum atomic E-state index is 0.939. The first-order valence-corrected chi connectivity index (χ1v) is 6.21. The highest BCUT2D eigenvalue weighted by atomic mass is 32.1. The van der Waals surface area contributed by atoms with E-state index in [1.807, 2.05) is 6.92 Å². The molecule has 0 fully saturated rings. The fourth-order valence-electron chi connectivity index (χ4n) is 1.72. The molecule has 1 aromatic heterocycles. The monoisotopic (exact) mass is 234 g/mol. The van der Waals surface area contributed by atoms with E-state index in [0.717, 1.165) is 12.3 Å². The third-order valence-corrected chi connectivity index (χ3v) is 3.71. The molecule has 0 aliphatic carbocycles. The van der Waals surface area contributed by atoms with Gasteiger partial charge in [-0.05, 0) is 19.9 Å². The Balaban J connectivity index is 2.61. The molecule has 0 aliphatic heterocycles. The standard InChI is InChI=1S/C13H16NOS/c1-4-14-11-7-5-6-8-12(11)16-13(14)9-10(2)15-3/h5-9H,4H2,1-3H3/q+1/b10-9+. The van der Waals surface area contributed by atoms with Gasteiger partial charge >= 0.3 is 0 Å². The van der Waals surface area contributed by atoms with Gasteiger partial charge in [0.15, 0.2) is 0 Å². The van der Waals surface area contributed by atoms with Crippen molar-refractivity contribution in [3.05, 3.63) is 35.0 Å². The topological polar surface area (TPSA) is 13.1 Å². The van der Waals surface area contributed by atoms with Crippen LogP contribution in [0, 0.1) is 0 Å². The lowest BCUT2D eigenvalue weighted by atomic mass is 10.3. The SMILES string of the molecule is CC[n+]1c(/C=C(\C)OC)sc2ccccc21. The van der Waals surface area contributed by atoms with Crippen molar-refractivity contribution in [3.63, 3.8) is 0 Å². The van der Waals surface area contributed by atoms with Gasteiger partial charge in [0.25, 0.3) is 5.01 Å². The molecule has 0 N–H and O–H groups in total. The number of ether oxygens (including phenoxy) is 1. The highest BCUT2D eigenvalue weighted by Crippen LogP contribution is 2.21. The number of para-hydroxylation sites is 1. The van der Waals surface area contributed by atoms with Crippen LogP contribution in [0.4, 0.5) is 0 Å². The lowest BCUT2D eigenvalue weighted by molar-refractivity contribution is -0.665. The third kappa shape index (κ3) is 1.95. The normalized spacial score (nSPS) is 12.1. The van der Waals surface area contributed by atoms with Gasteiger partial charge in [0.05, 0.1) is 18.9 Å². The Morgan fingerprint density at radius 1 is 1.44 bits per heavy atom. The molecule has 2 nitrogen and oxygen atoms in total. The van der Waals surface area contributed by atoms with Crippen LogP contribution in [0.2, 0.25) is 0 Å². The van der Waals surface area contributed by atoms with Crippen molar-refractivity contribution < 1.29 is 9.30 Å². The van der Waals surface area contributed by atoms with Crippen molar-refractivity contribution in [2.75, 3.05) is 7.11 Å². The van der Waals surface area contributed by atoms with Gasteiger partial charge in [0.1, 0.15) is 11.2 Å². The Bertz CT molecular complexity index is 528. The maximum atomic E-state index is 5.20. The van der Waals surface area contributed by atoms with Crippen LogP contribution in [-0.4, -0.2) is 7.11 Å². The van der Waals surface area contributed by atoms with E-state index in [0.29, 0.717) is 0 Å². The molecule has 2 rings (SSSR count). The summed E-state index contributed by atoms with van der Waals surface area (Å²) in [5.41, 5.74) is 1.30. The average molecular weight is 234 g/mol. The second-order valence-corrected chi connectivity index (χ2v) is 4.67. The fraction of sp³-hybridized carbons (Fsp3) is 0.308. The van der Waals surface area contributed by atoms with Crippen LogP contribution in [0.1, 0.15) is 18.9 Å². The summed E-state index contributed by atoms with van der Waals surface area (Å²) in [5, 5.41) is 1.24. The second kappa shape index (κ2) is 4.66. The van der Waals surface area contributed by atoms with Crippen LogP contribution in [0.3, 0.4) is 0 Å². The highest BCUT2D eigenvalue weighted by Gasteiger charge is 2.16. The summed E-state index contributed by atoms with van der Waals surface area (Å²) < 4.78 is 8.83. The molecule has 0 unspecified atom stereocenters. The van der Waals surface area contributed by atoms with Gasteiger partial charge in [0.2, 0.25) is 5.52 Å². The number of rotatable bonds is 3. The van der Waals surface area contributed by atoms with Crippen molar-refractivity contribution >= 4 is 27.6 Å². The molecule has 0 saturated carbocycles. The van der Waals surface area contributed by atoms with Gasteiger partial charge in [-0.25, -0.2) is 0 Å². The number of fused-ring (bicyclic) bond motifs is 1. The van der Waals surface area contributed by atoms with E-state index < -0.39 is 0 Å². The van der Waals surface area contributed by atoms with Gasteiger partial charge in [-0.2, -0.15) is 4.57 Å². The molecule has 0 aliphatic rings. The minimum absolute atomic E-state index is 0.939. The predicted octanol–water partition coefficient (Wildman–Crippen LogP) is 3.22. The lowest BCUT2D eigenvalue weighted by Gasteiger charge is -1.95. The predicted molar refractivity (Wildman–Crippen MR) is 68.4 cm³/mol. The molecule has 0 saturated heterocycles. The first-order valence-electron chi connectivity index (χ1n) is 5.40. The quantitative estimate of drug-likeness (QED) is 0.587. The van der Waals surface area contributed by atoms with Crippen molar-refractivity contribution in [1.82, 2.24) is 0 Å². The summed E-state index contributed by atoms with van der Waals surface area (Å²) in [6.45, 7) is 5.12. The smallest absolute Gasteiger partial charge is 0.266 e. The number of methoxy groups -OCH3 is 1. The number of aromatic nitrogens is 1. The number of aryl methyl sites for hydroxylation is 1. The first kappa shape index (κ1) is 11.1. The molecule has 1 aromatic carbocycles. The average Bonchev–Trinajstić information content (AvgIpc) is 2.65. The Kier molecular flexibility index (Phi) is 3.25. The third-order valence-electron chi connectivity index (χ3n) is 2.60. The number of nitrogens with zero attached hydrogens (tertiary/aromatic N) is 1. The van der Waals surface area contributed by atoms with Crippen molar-refractivity contribution in [2.24, 2.45) is 0 Å². The second-order valence-electron chi connectivity index (χ2n) is 3.61. The zero-order valence-electron chi connectivity index (χ0n) is 9.86. The summed E-state index contributed by atoms with van der Waals surface area (Å²) in [6.07, 6.45) is 2.09. The van der Waals surface area contributed by atoms with E-state index in [4.69, 9.17) is 4.74 Å². The maximum absolute atomic E-state index is 5.20. The van der Waals surface area contributed by atoms with Crippen LogP contribution in [0.25, 0.3) is 16.3 Å². The zero-order valence-corrected chi connectivity index (χ0v) is 10.7. The summed E-state index contributed by atoms with van der Waals surface area (Å²) in [4.78, 5) is 0. The molecular formula is C13H16NOS+. The highest BCUT2D eigenvalue weighted by molar-refractivity contribution is 7.18. The lowest BCUT2D eigenvalue weighted by Crippen LogP contribution is -2.33. The molecule has 0 atom stereocenters. The number of hydrogen-bond acceptors (Lipinski definition) is 2. The van der Waals surface area contributed by atoms with Gasteiger partial charge in [-0.1, -0.05) is 23.5 Å². The van der Waals surface area contributed by atoms with E-state index in [1.54, 1.807) is 18.4 Å². The van der Waals surface area contributed by atoms with Crippen LogP contribution >= 0.6 is 11.3 Å². The molecule has 0 spiro atoms. The van der Waals surface area contributed by atoms with Crippen LogP contribution < -0.4 is 4.57 Å². The van der Waals surface area contributed by atoms with Crippen LogP contribution in [0.15, 0.2) is 30.0 Å². The summed E-state index contributed by atoms with van der Waals surface area (Å²) in [5.74, 6) is 0.939. The fourth-order valence-corrected chi connectivity index (χ4v) is 2.94. The van der Waals surface area contributed by atoms with Crippen LogP contribution in [-0.2, 0) is 11.3 Å². The summed E-state index contributed by atoms with van der Waals surface area (Å²) >= 11 is 1.80. The van der Waals surface area contributed by atoms with Crippen molar-refractivity contribution in [2.45, 2.75) is 20.4 Å². The maximum Gasteiger partial charge on any atom is 0.266 e. The zero-order chi connectivity index (χ0) is 11.5. The Morgan fingerprint density at radius 2 is 2.19 bits per heavy atom. The Morgan fingerprint density at radius 3 is 2.88 bits per heavy atom. The Labute approximate surface area is 99.8 Å². The molecule has 1 heterocycles. The van der Waals surface area contributed by atoms with Gasteiger partial charge in [-0.3, -0.25) is 0 Å². The largest absolute Gasteiger partial charge is 0.501 e. The Hall–Kier alpha value is -1.35. The molecule has 3 heteroatoms. The van der Waals surface area contributed by atoms with Crippen molar-refractivity contribution in [1.29, 1.82) is 0 Å². The first-order chi connectivity index (χ1) is 7.76. The molecule has 16 heavy (non-hydrogen) atoms. The number of hydrogen-bond donors (Lipinski definition) is 0. The van der Waals surface area contributed by atoms with E-state index in [-0.39, 0.29) is 0 Å². The molecule has 0 amide bonds. The van der Waals surface area contributed by atoms with E-state index in [1.165, 1.54) is 15.2 Å². The van der Waals surface area contributed by atoms with E-state index >= 15 is 0 Å². The minimum Gasteiger partial charge on any atom is -0.501 e. The molecule has 2 aromatic rings. The van der Waals surface area contributed by atoms with Gasteiger partial charge < -0.3 is 4.74 Å². The van der Waals surface area contributed by atoms with E-state index in [2.05, 4.69) is 41.8 Å². The molecular weight excluding hydrogens is 218 g/mol. The van der Waals surface area contributed by atoms with Crippen molar-refractivity contribution in [3.8, 4) is 0 Å². The summed E-state index contributed by atoms with van der Waals surface area (Å²) in [6, 6.07) is 8.48. The number of thiazole rings is 1. The van der Waals surface area contributed by atoms with Gasteiger partial charge in [-0.15, -0.1) is 0 Å². The number of allylic oxidation sites excluding steroid dienone is 1. The van der Waals surface area contributed by atoms with E-state index in [9.17, 15) is 0 Å².